The van der Waals surface area contributed by atoms with Crippen LogP contribution in [0.4, 0.5) is 10.5 Å². The van der Waals surface area contributed by atoms with Crippen LogP contribution in [-0.2, 0) is 0 Å². The fourth-order valence-corrected chi connectivity index (χ4v) is 2.95. The lowest BCUT2D eigenvalue weighted by atomic mass is 9.97. The van der Waals surface area contributed by atoms with Crippen molar-refractivity contribution in [3.05, 3.63) is 41.2 Å². The molecule has 1 aliphatic carbocycles. The minimum atomic E-state index is -0.178. The van der Waals surface area contributed by atoms with Crippen LogP contribution in [0.3, 0.4) is 0 Å². The van der Waals surface area contributed by atoms with E-state index in [4.69, 9.17) is 0 Å². The number of carbonyl (C=O) groups is 1. The second-order valence-electron chi connectivity index (χ2n) is 6.34. The molecule has 1 aromatic heterocycles. The second-order valence-corrected chi connectivity index (χ2v) is 6.34. The Morgan fingerprint density at radius 3 is 2.67 bits per heavy atom. The molecule has 3 rings (SSSR count). The number of fused-ring (bicyclic) bond motifs is 1. The molecular weight excluding hydrogens is 300 g/mol. The molecule has 0 aliphatic heterocycles. The van der Waals surface area contributed by atoms with Crippen LogP contribution in [0.25, 0.3) is 11.0 Å². The quantitative estimate of drug-likeness (QED) is 0.826. The van der Waals surface area contributed by atoms with Crippen molar-refractivity contribution in [3.8, 4) is 0 Å². The smallest absolute Gasteiger partial charge is 0.319 e. The van der Waals surface area contributed by atoms with Gasteiger partial charge in [0.15, 0.2) is 0 Å². The summed E-state index contributed by atoms with van der Waals surface area (Å²) in [4.78, 5) is 21.1. The molecule has 5 nitrogen and oxygen atoms in total. The summed E-state index contributed by atoms with van der Waals surface area (Å²) in [7, 11) is 0. The molecule has 1 aliphatic rings. The number of benzene rings is 1. The van der Waals surface area contributed by atoms with Crippen molar-refractivity contribution in [3.63, 3.8) is 0 Å². The number of hydrogen-bond donors (Lipinski definition) is 2. The first-order valence-corrected chi connectivity index (χ1v) is 8.59. The van der Waals surface area contributed by atoms with Gasteiger partial charge in [0.2, 0.25) is 0 Å². The van der Waals surface area contributed by atoms with E-state index >= 15 is 0 Å². The van der Waals surface area contributed by atoms with Crippen molar-refractivity contribution in [1.29, 1.82) is 0 Å². The highest BCUT2D eigenvalue weighted by Gasteiger charge is 2.07. The van der Waals surface area contributed by atoms with Crippen molar-refractivity contribution in [1.82, 2.24) is 15.3 Å². The summed E-state index contributed by atoms with van der Waals surface area (Å²) in [5, 5.41) is 5.79. The number of amides is 2. The SMILES string of the molecule is Cc1nc2ccc(NC(=O)NCCC3=CCCCC3)cc2nc1C. The summed E-state index contributed by atoms with van der Waals surface area (Å²) in [6.07, 6.45) is 8.17. The maximum Gasteiger partial charge on any atom is 0.319 e. The Balaban J connectivity index is 1.56. The number of nitrogens with one attached hydrogen (secondary N) is 2. The van der Waals surface area contributed by atoms with Crippen LogP contribution in [0.5, 0.6) is 0 Å². The Morgan fingerprint density at radius 1 is 1.12 bits per heavy atom. The topological polar surface area (TPSA) is 66.9 Å². The lowest BCUT2D eigenvalue weighted by Gasteiger charge is -2.13. The highest BCUT2D eigenvalue weighted by molar-refractivity contribution is 5.91. The van der Waals surface area contributed by atoms with Crippen molar-refractivity contribution < 1.29 is 4.79 Å². The van der Waals surface area contributed by atoms with E-state index in [9.17, 15) is 4.79 Å². The summed E-state index contributed by atoms with van der Waals surface area (Å²) in [5.41, 5.74) is 5.67. The van der Waals surface area contributed by atoms with E-state index in [0.29, 0.717) is 6.54 Å². The third kappa shape index (κ3) is 4.10. The summed E-state index contributed by atoms with van der Waals surface area (Å²) in [6.45, 7) is 4.56. The van der Waals surface area contributed by atoms with E-state index in [0.717, 1.165) is 34.5 Å². The number of rotatable bonds is 4. The molecular formula is C19H24N4O. The van der Waals surface area contributed by atoms with Gasteiger partial charge in [0.05, 0.1) is 22.4 Å². The van der Waals surface area contributed by atoms with Gasteiger partial charge in [-0.25, -0.2) is 14.8 Å². The van der Waals surface area contributed by atoms with Gasteiger partial charge >= 0.3 is 6.03 Å². The predicted molar refractivity (Wildman–Crippen MR) is 97.2 cm³/mol. The summed E-state index contributed by atoms with van der Waals surface area (Å²) in [6, 6.07) is 5.42. The second kappa shape index (κ2) is 7.43. The van der Waals surface area contributed by atoms with Crippen LogP contribution in [-0.4, -0.2) is 22.5 Å². The van der Waals surface area contributed by atoms with Crippen molar-refractivity contribution in [2.75, 3.05) is 11.9 Å². The van der Waals surface area contributed by atoms with Crippen LogP contribution >= 0.6 is 0 Å². The number of aryl methyl sites for hydroxylation is 2. The highest BCUT2D eigenvalue weighted by Crippen LogP contribution is 2.20. The average molecular weight is 324 g/mol. The predicted octanol–water partition coefficient (Wildman–Crippen LogP) is 4.26. The van der Waals surface area contributed by atoms with E-state index in [1.54, 1.807) is 0 Å². The Morgan fingerprint density at radius 2 is 1.92 bits per heavy atom. The fraction of sp³-hybridized carbons (Fsp3) is 0.421. The van der Waals surface area contributed by atoms with Crippen LogP contribution in [0.2, 0.25) is 0 Å². The van der Waals surface area contributed by atoms with Gasteiger partial charge in [0, 0.05) is 12.2 Å². The molecule has 0 saturated carbocycles. The van der Waals surface area contributed by atoms with Crippen molar-refractivity contribution >= 4 is 22.8 Å². The van der Waals surface area contributed by atoms with Gasteiger partial charge in [0.25, 0.3) is 0 Å². The number of aromatic nitrogens is 2. The average Bonchev–Trinajstić information content (AvgIpc) is 2.57. The number of allylic oxidation sites excluding steroid dienone is 1. The van der Waals surface area contributed by atoms with Crippen LogP contribution in [0, 0.1) is 13.8 Å². The lowest BCUT2D eigenvalue weighted by molar-refractivity contribution is 0.252. The third-order valence-corrected chi connectivity index (χ3v) is 4.45. The Hall–Kier alpha value is -2.43. The van der Waals surface area contributed by atoms with E-state index in [1.807, 2.05) is 32.0 Å². The molecule has 24 heavy (non-hydrogen) atoms. The zero-order chi connectivity index (χ0) is 16.9. The van der Waals surface area contributed by atoms with E-state index < -0.39 is 0 Å². The normalized spacial score (nSPS) is 14.3. The van der Waals surface area contributed by atoms with Crippen LogP contribution in [0.1, 0.15) is 43.5 Å². The molecule has 0 atom stereocenters. The first-order valence-electron chi connectivity index (χ1n) is 8.59. The number of carbonyl (C=O) groups excluding carboxylic acids is 1. The molecule has 0 saturated heterocycles. The molecule has 2 aromatic rings. The Bertz CT molecular complexity index is 782. The van der Waals surface area contributed by atoms with Gasteiger partial charge in [0.1, 0.15) is 0 Å². The molecule has 1 aromatic carbocycles. The zero-order valence-corrected chi connectivity index (χ0v) is 14.4. The van der Waals surface area contributed by atoms with E-state index in [-0.39, 0.29) is 6.03 Å². The minimum absolute atomic E-state index is 0.178. The summed E-state index contributed by atoms with van der Waals surface area (Å²) in [5.74, 6) is 0. The van der Waals surface area contributed by atoms with Gasteiger partial charge < -0.3 is 10.6 Å². The monoisotopic (exact) mass is 324 g/mol. The number of urea groups is 1. The molecule has 2 N–H and O–H groups in total. The Kier molecular flexibility index (Phi) is 5.08. The molecule has 0 bridgehead atoms. The zero-order valence-electron chi connectivity index (χ0n) is 14.4. The molecule has 5 heteroatoms. The molecule has 1 heterocycles. The molecule has 0 unspecified atom stereocenters. The van der Waals surface area contributed by atoms with Crippen molar-refractivity contribution in [2.24, 2.45) is 0 Å². The van der Waals surface area contributed by atoms with E-state index in [2.05, 4.69) is 26.7 Å². The summed E-state index contributed by atoms with van der Waals surface area (Å²) >= 11 is 0. The van der Waals surface area contributed by atoms with Crippen LogP contribution in [0.15, 0.2) is 29.8 Å². The highest BCUT2D eigenvalue weighted by atomic mass is 16.2. The minimum Gasteiger partial charge on any atom is -0.338 e. The molecule has 0 radical (unpaired) electrons. The molecule has 126 valence electrons. The maximum absolute atomic E-state index is 12.0. The van der Waals surface area contributed by atoms with Gasteiger partial charge in [-0.1, -0.05) is 11.6 Å². The first kappa shape index (κ1) is 16.4. The van der Waals surface area contributed by atoms with Gasteiger partial charge in [-0.3, -0.25) is 0 Å². The van der Waals surface area contributed by atoms with Gasteiger partial charge in [-0.05, 0) is 64.2 Å². The lowest BCUT2D eigenvalue weighted by Crippen LogP contribution is -2.29. The fourth-order valence-electron chi connectivity index (χ4n) is 2.95. The maximum atomic E-state index is 12.0. The number of hydrogen-bond acceptors (Lipinski definition) is 3. The van der Waals surface area contributed by atoms with E-state index in [1.165, 1.54) is 31.3 Å². The van der Waals surface area contributed by atoms with Crippen LogP contribution < -0.4 is 10.6 Å². The Labute approximate surface area is 142 Å². The molecule has 2 amide bonds. The van der Waals surface area contributed by atoms with Crippen molar-refractivity contribution in [2.45, 2.75) is 46.0 Å². The number of nitrogens with zero attached hydrogens (tertiary/aromatic N) is 2. The first-order chi connectivity index (χ1) is 11.6. The van der Waals surface area contributed by atoms with Gasteiger partial charge in [-0.2, -0.15) is 0 Å². The number of anilines is 1. The van der Waals surface area contributed by atoms with Gasteiger partial charge in [-0.15, -0.1) is 0 Å². The molecule has 0 spiro atoms. The largest absolute Gasteiger partial charge is 0.338 e. The summed E-state index contributed by atoms with van der Waals surface area (Å²) < 4.78 is 0. The molecule has 0 fully saturated rings. The third-order valence-electron chi connectivity index (χ3n) is 4.45. The standard InChI is InChI=1S/C19H24N4O/c1-13-14(2)22-18-12-16(8-9-17(18)21-13)23-19(24)20-11-10-15-6-4-3-5-7-15/h6,8-9,12H,3-5,7,10-11H2,1-2H3,(H2,20,23,24).